The third kappa shape index (κ3) is 3.71. The van der Waals surface area contributed by atoms with Crippen molar-refractivity contribution in [2.45, 2.75) is 95.5 Å². The maximum absolute atomic E-state index is 4.32. The van der Waals surface area contributed by atoms with Gasteiger partial charge < -0.3 is 0 Å². The summed E-state index contributed by atoms with van der Waals surface area (Å²) in [7, 11) is 0. The Morgan fingerprint density at radius 1 is 1.18 bits per heavy atom. The Morgan fingerprint density at radius 3 is 2.23 bits per heavy atom. The number of allylic oxidation sites excluding steroid dienone is 4. The van der Waals surface area contributed by atoms with Crippen LogP contribution >= 0.6 is 0 Å². The maximum atomic E-state index is 4.32. The van der Waals surface area contributed by atoms with Crippen molar-refractivity contribution in [2.24, 2.45) is 0 Å². The summed E-state index contributed by atoms with van der Waals surface area (Å²) in [5.74, 6) is 0. The van der Waals surface area contributed by atoms with Gasteiger partial charge in [0, 0.05) is 0 Å². The van der Waals surface area contributed by atoms with Crippen molar-refractivity contribution in [1.82, 2.24) is 3.80 Å². The molecule has 1 fully saturated rings. The number of nitrogens with one attached hydrogen (secondary N) is 1. The number of rotatable bonds is 4. The third-order valence-corrected chi connectivity index (χ3v) is 21.3. The number of hydrogen-bond acceptors (Lipinski definition) is 1. The van der Waals surface area contributed by atoms with Crippen LogP contribution in [0.2, 0.25) is 15.8 Å². The van der Waals surface area contributed by atoms with Gasteiger partial charge in [-0.15, -0.1) is 0 Å². The van der Waals surface area contributed by atoms with Crippen molar-refractivity contribution < 1.29 is 16.9 Å². The van der Waals surface area contributed by atoms with E-state index in [-0.39, 0.29) is 6.19 Å². The number of hydrogen-bond donors (Lipinski definition) is 1. The van der Waals surface area contributed by atoms with Crippen LogP contribution < -0.4 is 3.80 Å². The van der Waals surface area contributed by atoms with E-state index >= 15 is 0 Å². The van der Waals surface area contributed by atoms with Gasteiger partial charge in [-0.3, -0.25) is 0 Å². The topological polar surface area (TPSA) is 12.0 Å². The Morgan fingerprint density at radius 2 is 1.77 bits per heavy atom. The average molecular weight is 353 g/mol. The fraction of sp³-hybridized carbons (Fsp3) is 0.789. The van der Waals surface area contributed by atoms with Crippen molar-refractivity contribution in [2.75, 3.05) is 0 Å². The Balaban J connectivity index is 2.40. The predicted octanol–water partition coefficient (Wildman–Crippen LogP) is 5.95. The third-order valence-electron chi connectivity index (χ3n) is 6.17. The molecule has 0 amide bonds. The minimum absolute atomic E-state index is 0.287. The van der Waals surface area contributed by atoms with Gasteiger partial charge in [0.25, 0.3) is 0 Å². The molecule has 22 heavy (non-hydrogen) atoms. The van der Waals surface area contributed by atoms with Crippen molar-refractivity contribution >= 4 is 6.19 Å². The van der Waals surface area contributed by atoms with E-state index in [9.17, 15) is 0 Å². The van der Waals surface area contributed by atoms with Crippen molar-refractivity contribution in [3.63, 3.8) is 0 Å². The second-order valence-corrected chi connectivity index (χ2v) is 19.5. The van der Waals surface area contributed by atoms with E-state index in [4.69, 9.17) is 0 Å². The molecule has 0 bridgehead atoms. The molecular formula is C19H35NSiTi. The normalized spacial score (nSPS) is 28.3. The first-order valence-corrected chi connectivity index (χ1v) is 15.1. The van der Waals surface area contributed by atoms with E-state index in [1.54, 1.807) is 11.1 Å². The molecule has 2 aliphatic rings. The van der Waals surface area contributed by atoms with E-state index < -0.39 is 16.9 Å². The molecule has 0 aromatic carbocycles. The van der Waals surface area contributed by atoms with Gasteiger partial charge >= 0.3 is 145 Å². The van der Waals surface area contributed by atoms with Crippen LogP contribution in [0, 0.1) is 0 Å². The summed E-state index contributed by atoms with van der Waals surface area (Å²) in [4.78, 5) is 0. The van der Waals surface area contributed by atoms with Crippen LogP contribution in [0.1, 0.15) is 73.6 Å². The Kier molecular flexibility index (Phi) is 6.38. The van der Waals surface area contributed by atoms with Crippen LogP contribution in [0.25, 0.3) is 0 Å². The molecule has 1 atom stereocenters. The van der Waals surface area contributed by atoms with Crippen LogP contribution in [-0.4, -0.2) is 12.2 Å². The van der Waals surface area contributed by atoms with E-state index in [0.29, 0.717) is 3.72 Å². The summed E-state index contributed by atoms with van der Waals surface area (Å²) >= 11 is -1.38. The van der Waals surface area contributed by atoms with E-state index in [2.05, 4.69) is 58.0 Å². The standard InChI is InChI=1S/C9H13.C6H12N.C4H10Si.Ti/c1-6-5-7(2)9(4)8(6)3;7-6-4-2-1-3-5-6;1-4(2)5-3;/h5H,1-4H3;6-7H,1-5H2;4H,1-3H3;/q;-1;;+1. The Labute approximate surface area is 145 Å². The van der Waals surface area contributed by atoms with Crippen LogP contribution in [0.5, 0.6) is 0 Å². The predicted molar refractivity (Wildman–Crippen MR) is 97.2 cm³/mol. The molecule has 0 saturated heterocycles. The Hall–Kier alpha value is 0.371. The van der Waals surface area contributed by atoms with E-state index in [0.717, 1.165) is 11.6 Å². The van der Waals surface area contributed by atoms with Crippen LogP contribution in [-0.2, 0) is 16.9 Å². The molecule has 3 heteroatoms. The molecule has 1 nitrogen and oxygen atoms in total. The fourth-order valence-corrected chi connectivity index (χ4v) is 18.2. The monoisotopic (exact) mass is 353 g/mol. The zero-order valence-electron chi connectivity index (χ0n) is 15.8. The molecule has 0 heterocycles. The molecule has 124 valence electrons. The first-order chi connectivity index (χ1) is 10.3. The van der Waals surface area contributed by atoms with Crippen molar-refractivity contribution in [3.8, 4) is 0 Å². The van der Waals surface area contributed by atoms with Gasteiger partial charge in [-0.2, -0.15) is 0 Å². The van der Waals surface area contributed by atoms with Gasteiger partial charge in [-0.25, -0.2) is 0 Å². The van der Waals surface area contributed by atoms with Gasteiger partial charge in [-0.05, 0) is 0 Å². The summed E-state index contributed by atoms with van der Waals surface area (Å²) in [5, 5.41) is 0. The van der Waals surface area contributed by atoms with Gasteiger partial charge in [-0.1, -0.05) is 0 Å². The first kappa shape index (κ1) is 18.7. The molecule has 0 aromatic rings. The second-order valence-electron chi connectivity index (χ2n) is 7.97. The summed E-state index contributed by atoms with van der Waals surface area (Å²) in [6.45, 7) is 17.2. The molecule has 2 aliphatic carbocycles. The molecule has 2 rings (SSSR count). The first-order valence-electron chi connectivity index (χ1n) is 9.13. The molecule has 1 unspecified atom stereocenters. The quantitative estimate of drug-likeness (QED) is 0.616. The summed E-state index contributed by atoms with van der Waals surface area (Å²) in [6.07, 6.45) is 9.53. The minimum atomic E-state index is -1.38. The summed E-state index contributed by atoms with van der Waals surface area (Å²) in [6, 6.07) is 0.821. The second kappa shape index (κ2) is 7.51. The van der Waals surface area contributed by atoms with Gasteiger partial charge in [0.15, 0.2) is 0 Å². The zero-order chi connectivity index (χ0) is 16.5. The van der Waals surface area contributed by atoms with Crippen LogP contribution in [0.4, 0.5) is 0 Å². The summed E-state index contributed by atoms with van der Waals surface area (Å²) < 4.78 is 4.71. The average Bonchev–Trinajstić information content (AvgIpc) is 2.69. The molecule has 1 N–H and O–H groups in total. The van der Waals surface area contributed by atoms with Gasteiger partial charge in [0.2, 0.25) is 0 Å². The SMILES string of the molecule is CC1=C[C](C)([Ti]([NH]C2CCCCC2)=[Si](C)C(C)C)C(C)=C1C. The van der Waals surface area contributed by atoms with Crippen LogP contribution in [0.3, 0.4) is 0 Å². The Bertz CT molecular complexity index is 524. The fourth-order valence-electron chi connectivity index (χ4n) is 4.01. The van der Waals surface area contributed by atoms with E-state index in [1.165, 1.54) is 37.7 Å². The summed E-state index contributed by atoms with van der Waals surface area (Å²) in [5.41, 5.74) is 5.66. The molecule has 0 radical (unpaired) electrons. The van der Waals surface area contributed by atoms with Crippen LogP contribution in [0.15, 0.2) is 22.8 Å². The molecular weight excluding hydrogens is 318 g/mol. The molecule has 0 spiro atoms. The zero-order valence-corrected chi connectivity index (χ0v) is 18.3. The van der Waals surface area contributed by atoms with Gasteiger partial charge in [0.1, 0.15) is 0 Å². The van der Waals surface area contributed by atoms with Crippen molar-refractivity contribution in [3.05, 3.63) is 22.8 Å². The van der Waals surface area contributed by atoms with Crippen molar-refractivity contribution in [1.29, 1.82) is 0 Å². The molecule has 0 aliphatic heterocycles. The molecule has 0 aromatic heterocycles. The van der Waals surface area contributed by atoms with E-state index in [1.807, 2.05) is 0 Å². The van der Waals surface area contributed by atoms with Gasteiger partial charge in [0.05, 0.1) is 0 Å². The molecule has 1 saturated carbocycles.